The Bertz CT molecular complexity index is 532. The van der Waals surface area contributed by atoms with Crippen LogP contribution in [0.15, 0.2) is 23.9 Å². The number of carbonyl (C=O) groups excluding carboxylic acids is 1. The number of allylic oxidation sites excluding steroid dienone is 1. The number of carbonyl (C=O) groups is 1. The predicted molar refractivity (Wildman–Crippen MR) is 59.8 cm³/mol. The molecular formula is C9H13N3O4S. The molecule has 1 heterocycles. The summed E-state index contributed by atoms with van der Waals surface area (Å²) < 4.78 is 28.6. The maximum atomic E-state index is 11.5. The van der Waals surface area contributed by atoms with E-state index in [-0.39, 0.29) is 23.7 Å². The van der Waals surface area contributed by atoms with Crippen molar-refractivity contribution in [2.24, 2.45) is 5.14 Å². The van der Waals surface area contributed by atoms with Gasteiger partial charge >= 0.3 is 5.97 Å². The molecule has 0 unspecified atom stereocenters. The minimum atomic E-state index is -4.05. The highest BCUT2D eigenvalue weighted by molar-refractivity contribution is 7.89. The van der Waals surface area contributed by atoms with Crippen LogP contribution >= 0.6 is 0 Å². The Kier molecular flexibility index (Phi) is 4.02. The third-order valence-corrected chi connectivity index (χ3v) is 2.83. The first-order valence-electron chi connectivity index (χ1n) is 4.78. The van der Waals surface area contributed by atoms with Crippen molar-refractivity contribution in [2.45, 2.75) is 18.5 Å². The maximum absolute atomic E-state index is 11.5. The van der Waals surface area contributed by atoms with Crippen LogP contribution in [0.3, 0.4) is 0 Å². The molecule has 0 bridgehead atoms. The van der Waals surface area contributed by atoms with E-state index in [0.29, 0.717) is 0 Å². The molecule has 17 heavy (non-hydrogen) atoms. The summed E-state index contributed by atoms with van der Waals surface area (Å²) in [4.78, 5) is 11.5. The molecule has 0 radical (unpaired) electrons. The van der Waals surface area contributed by atoms with Crippen molar-refractivity contribution in [3.63, 3.8) is 0 Å². The van der Waals surface area contributed by atoms with Gasteiger partial charge in [0.2, 0.25) is 0 Å². The first kappa shape index (κ1) is 13.4. The molecule has 2 N–H and O–H groups in total. The molecule has 0 atom stereocenters. The molecule has 0 aliphatic carbocycles. The van der Waals surface area contributed by atoms with Gasteiger partial charge < -0.3 is 4.74 Å². The van der Waals surface area contributed by atoms with Crippen LogP contribution < -0.4 is 5.14 Å². The summed E-state index contributed by atoms with van der Waals surface area (Å²) in [6.45, 7) is 5.34. The summed E-state index contributed by atoms with van der Waals surface area (Å²) in [7, 11) is -4.05. The zero-order valence-corrected chi connectivity index (χ0v) is 10.1. The molecule has 0 aliphatic heterocycles. The number of hydrogen-bond acceptors (Lipinski definition) is 5. The normalized spacial score (nSPS) is 11.2. The third kappa shape index (κ3) is 2.92. The van der Waals surface area contributed by atoms with Gasteiger partial charge in [-0.15, -0.1) is 6.58 Å². The number of primary sulfonamides is 1. The molecule has 0 fully saturated rings. The smallest absolute Gasteiger partial charge is 0.342 e. The average Bonchev–Trinajstić information content (AvgIpc) is 2.62. The lowest BCUT2D eigenvalue weighted by atomic mass is 10.4. The Morgan fingerprint density at radius 1 is 1.71 bits per heavy atom. The number of rotatable bonds is 5. The number of sulfonamides is 1. The fourth-order valence-corrected chi connectivity index (χ4v) is 2.13. The van der Waals surface area contributed by atoms with E-state index in [1.54, 1.807) is 6.92 Å². The summed E-state index contributed by atoms with van der Waals surface area (Å²) in [5.41, 5.74) is -0.170. The molecule has 1 aromatic heterocycles. The number of ether oxygens (including phenoxy) is 1. The molecule has 7 nitrogen and oxygen atoms in total. The molecule has 0 aromatic carbocycles. The molecule has 0 saturated heterocycles. The van der Waals surface area contributed by atoms with Crippen LogP contribution in [0, 0.1) is 0 Å². The van der Waals surface area contributed by atoms with E-state index in [4.69, 9.17) is 9.88 Å². The lowest BCUT2D eigenvalue weighted by Gasteiger charge is -2.05. The quantitative estimate of drug-likeness (QED) is 0.587. The van der Waals surface area contributed by atoms with Gasteiger partial charge in [0.05, 0.1) is 19.3 Å². The molecule has 0 spiro atoms. The Labute approximate surface area is 98.9 Å². The lowest BCUT2D eigenvalue weighted by molar-refractivity contribution is 0.0521. The summed E-state index contributed by atoms with van der Waals surface area (Å²) in [5, 5.41) is 8.43. The Morgan fingerprint density at radius 3 is 2.82 bits per heavy atom. The molecule has 0 amide bonds. The Balaban J connectivity index is 3.33. The fourth-order valence-electron chi connectivity index (χ4n) is 1.28. The van der Waals surface area contributed by atoms with Gasteiger partial charge in [-0.2, -0.15) is 5.10 Å². The molecule has 8 heteroatoms. The van der Waals surface area contributed by atoms with Crippen LogP contribution in [-0.4, -0.2) is 30.8 Å². The van der Waals surface area contributed by atoms with Crippen molar-refractivity contribution in [1.29, 1.82) is 0 Å². The maximum Gasteiger partial charge on any atom is 0.342 e. The van der Waals surface area contributed by atoms with Gasteiger partial charge in [0.25, 0.3) is 10.0 Å². The molecule has 1 rings (SSSR count). The number of nitrogens with two attached hydrogens (primary N) is 1. The minimum absolute atomic E-state index is 0.130. The Hall–Kier alpha value is -1.67. The van der Waals surface area contributed by atoms with Crippen LogP contribution in [0.1, 0.15) is 17.3 Å². The van der Waals surface area contributed by atoms with Crippen LogP contribution in [0.2, 0.25) is 0 Å². The van der Waals surface area contributed by atoms with E-state index in [1.165, 1.54) is 6.08 Å². The topological polar surface area (TPSA) is 104 Å². The van der Waals surface area contributed by atoms with Gasteiger partial charge in [-0.25, -0.2) is 23.0 Å². The zero-order chi connectivity index (χ0) is 13.1. The Morgan fingerprint density at radius 2 is 2.35 bits per heavy atom. The highest BCUT2D eigenvalue weighted by atomic mass is 32.2. The van der Waals surface area contributed by atoms with Crippen molar-refractivity contribution < 1.29 is 17.9 Å². The van der Waals surface area contributed by atoms with Gasteiger partial charge in [-0.05, 0) is 6.92 Å². The van der Waals surface area contributed by atoms with Crippen molar-refractivity contribution in [3.8, 4) is 0 Å². The van der Waals surface area contributed by atoms with E-state index in [2.05, 4.69) is 11.7 Å². The molecule has 1 aromatic rings. The first-order valence-corrected chi connectivity index (χ1v) is 6.33. The van der Waals surface area contributed by atoms with Crippen LogP contribution in [0.4, 0.5) is 0 Å². The molecule has 94 valence electrons. The third-order valence-electron chi connectivity index (χ3n) is 1.86. The van der Waals surface area contributed by atoms with E-state index in [0.717, 1.165) is 10.9 Å². The summed E-state index contributed by atoms with van der Waals surface area (Å²) in [6, 6.07) is 0. The van der Waals surface area contributed by atoms with Crippen LogP contribution in [0.5, 0.6) is 0 Å². The molecule has 0 aliphatic rings. The van der Waals surface area contributed by atoms with E-state index < -0.39 is 16.0 Å². The van der Waals surface area contributed by atoms with Gasteiger partial charge in [0, 0.05) is 0 Å². The number of nitrogens with zero attached hydrogens (tertiary/aromatic N) is 2. The van der Waals surface area contributed by atoms with Gasteiger partial charge in [-0.3, -0.25) is 0 Å². The van der Waals surface area contributed by atoms with E-state index in [9.17, 15) is 13.2 Å². The summed E-state index contributed by atoms with van der Waals surface area (Å²) in [6.07, 6.45) is 2.55. The van der Waals surface area contributed by atoms with Crippen molar-refractivity contribution >= 4 is 16.0 Å². The van der Waals surface area contributed by atoms with Crippen molar-refractivity contribution in [2.75, 3.05) is 6.61 Å². The second kappa shape index (κ2) is 5.11. The number of esters is 1. The van der Waals surface area contributed by atoms with Gasteiger partial charge in [0.1, 0.15) is 5.56 Å². The summed E-state index contributed by atoms with van der Waals surface area (Å²) >= 11 is 0. The SMILES string of the molecule is C=CCn1ncc(C(=O)OCC)c1S(N)(=O)=O. The van der Waals surface area contributed by atoms with Crippen molar-refractivity contribution in [3.05, 3.63) is 24.4 Å². The zero-order valence-electron chi connectivity index (χ0n) is 9.29. The highest BCUT2D eigenvalue weighted by Gasteiger charge is 2.26. The standard InChI is InChI=1S/C9H13N3O4S/c1-3-5-12-8(17(10,14)15)7(6-11-12)9(13)16-4-2/h3,6H,1,4-5H2,2H3,(H2,10,14,15). The van der Waals surface area contributed by atoms with Crippen LogP contribution in [0.25, 0.3) is 0 Å². The summed E-state index contributed by atoms with van der Waals surface area (Å²) in [5.74, 6) is -0.771. The molecular weight excluding hydrogens is 246 g/mol. The number of aromatic nitrogens is 2. The predicted octanol–water partition coefficient (Wildman–Crippen LogP) is -0.107. The molecule has 0 saturated carbocycles. The van der Waals surface area contributed by atoms with E-state index >= 15 is 0 Å². The second-order valence-electron chi connectivity index (χ2n) is 3.10. The van der Waals surface area contributed by atoms with Gasteiger partial charge in [-0.1, -0.05) is 6.08 Å². The average molecular weight is 259 g/mol. The largest absolute Gasteiger partial charge is 0.462 e. The van der Waals surface area contributed by atoms with E-state index in [1.807, 2.05) is 0 Å². The first-order chi connectivity index (χ1) is 7.91. The van der Waals surface area contributed by atoms with Gasteiger partial charge in [0.15, 0.2) is 5.03 Å². The lowest BCUT2D eigenvalue weighted by Crippen LogP contribution is -2.21. The second-order valence-corrected chi connectivity index (χ2v) is 4.58. The van der Waals surface area contributed by atoms with Crippen molar-refractivity contribution in [1.82, 2.24) is 9.78 Å². The monoisotopic (exact) mass is 259 g/mol. The number of hydrogen-bond donors (Lipinski definition) is 1. The fraction of sp³-hybridized carbons (Fsp3) is 0.333. The van der Waals surface area contributed by atoms with Crippen LogP contribution in [-0.2, 0) is 21.3 Å². The highest BCUT2D eigenvalue weighted by Crippen LogP contribution is 2.15. The minimum Gasteiger partial charge on any atom is -0.462 e.